The van der Waals surface area contributed by atoms with Gasteiger partial charge in [-0.25, -0.2) is 0 Å². The number of hydrogen-bond donors (Lipinski definition) is 1. The number of benzene rings is 1. The largest absolute Gasteiger partial charge is 0.390 e. The van der Waals surface area contributed by atoms with Crippen molar-refractivity contribution in [3.8, 4) is 11.4 Å². The predicted octanol–water partition coefficient (Wildman–Crippen LogP) is 0.777. The molecule has 0 radical (unpaired) electrons. The SMILES string of the molecule is CN1CCN(CC(O)CN(C)Cc2nc(-c3ccccc3)no2)CC1. The number of aliphatic hydroxyl groups excluding tert-OH is 1. The van der Waals surface area contributed by atoms with Gasteiger partial charge in [0.05, 0.1) is 12.6 Å². The molecule has 7 heteroatoms. The van der Waals surface area contributed by atoms with Crippen LogP contribution >= 0.6 is 0 Å². The van der Waals surface area contributed by atoms with E-state index < -0.39 is 0 Å². The topological polar surface area (TPSA) is 68.9 Å². The van der Waals surface area contributed by atoms with Crippen LogP contribution in [0.25, 0.3) is 11.4 Å². The Morgan fingerprint density at radius 2 is 1.92 bits per heavy atom. The third-order valence-electron chi connectivity index (χ3n) is 4.49. The molecular formula is C18H27N5O2. The van der Waals surface area contributed by atoms with Crippen LogP contribution in [0.4, 0.5) is 0 Å². The standard InChI is InChI=1S/C18H27N5O2/c1-21-8-10-23(11-9-21)13-16(24)12-22(2)14-17-19-18(20-25-17)15-6-4-3-5-7-15/h3-7,16,24H,8-14H2,1-2H3. The molecule has 1 aliphatic rings. The molecule has 1 N–H and O–H groups in total. The van der Waals surface area contributed by atoms with E-state index in [0.29, 0.717) is 31.3 Å². The summed E-state index contributed by atoms with van der Waals surface area (Å²) in [5, 5.41) is 14.4. The molecule has 2 aromatic rings. The highest BCUT2D eigenvalue weighted by Gasteiger charge is 2.19. The van der Waals surface area contributed by atoms with Gasteiger partial charge in [-0.3, -0.25) is 9.80 Å². The summed E-state index contributed by atoms with van der Waals surface area (Å²) in [5.41, 5.74) is 0.940. The van der Waals surface area contributed by atoms with Gasteiger partial charge in [0.2, 0.25) is 11.7 Å². The number of aliphatic hydroxyl groups is 1. The van der Waals surface area contributed by atoms with Crippen molar-refractivity contribution >= 4 is 0 Å². The van der Waals surface area contributed by atoms with E-state index in [1.165, 1.54) is 0 Å². The summed E-state index contributed by atoms with van der Waals surface area (Å²) >= 11 is 0. The normalized spacial score (nSPS) is 17.9. The van der Waals surface area contributed by atoms with Crippen LogP contribution in [0.5, 0.6) is 0 Å². The highest BCUT2D eigenvalue weighted by atomic mass is 16.5. The van der Waals surface area contributed by atoms with Crippen molar-refractivity contribution in [2.24, 2.45) is 0 Å². The van der Waals surface area contributed by atoms with Gasteiger partial charge >= 0.3 is 0 Å². The van der Waals surface area contributed by atoms with Crippen LogP contribution < -0.4 is 0 Å². The molecule has 1 saturated heterocycles. The molecule has 0 bridgehead atoms. The third-order valence-corrected chi connectivity index (χ3v) is 4.49. The molecule has 0 amide bonds. The Balaban J connectivity index is 1.46. The minimum Gasteiger partial charge on any atom is -0.390 e. The van der Waals surface area contributed by atoms with Gasteiger partial charge in [-0.1, -0.05) is 35.5 Å². The van der Waals surface area contributed by atoms with Gasteiger partial charge in [0.25, 0.3) is 0 Å². The fraction of sp³-hybridized carbons (Fsp3) is 0.556. The van der Waals surface area contributed by atoms with Crippen LogP contribution in [0.1, 0.15) is 5.89 Å². The van der Waals surface area contributed by atoms with Gasteiger partial charge in [0.1, 0.15) is 0 Å². The lowest BCUT2D eigenvalue weighted by Crippen LogP contribution is -2.48. The molecule has 1 aromatic heterocycles. The van der Waals surface area contributed by atoms with E-state index in [9.17, 15) is 5.11 Å². The summed E-state index contributed by atoms with van der Waals surface area (Å²) in [6.45, 7) is 5.97. The smallest absolute Gasteiger partial charge is 0.241 e. The first-order chi connectivity index (χ1) is 12.1. The Bertz CT molecular complexity index is 640. The van der Waals surface area contributed by atoms with E-state index in [2.05, 4.69) is 27.0 Å². The fourth-order valence-corrected chi connectivity index (χ4v) is 3.07. The quantitative estimate of drug-likeness (QED) is 0.795. The van der Waals surface area contributed by atoms with Crippen LogP contribution in [0.15, 0.2) is 34.9 Å². The minimum atomic E-state index is -0.384. The summed E-state index contributed by atoms with van der Waals surface area (Å²) in [5.74, 6) is 1.16. The number of rotatable bonds is 7. The number of piperazine rings is 1. The van der Waals surface area contributed by atoms with E-state index in [1.54, 1.807) is 0 Å². The molecule has 1 aliphatic heterocycles. The van der Waals surface area contributed by atoms with E-state index in [-0.39, 0.29) is 6.10 Å². The maximum atomic E-state index is 10.3. The first kappa shape index (κ1) is 18.0. The van der Waals surface area contributed by atoms with Crippen LogP contribution in [-0.2, 0) is 6.54 Å². The highest BCUT2D eigenvalue weighted by molar-refractivity contribution is 5.53. The molecule has 2 heterocycles. The third kappa shape index (κ3) is 5.34. The van der Waals surface area contributed by atoms with Crippen molar-refractivity contribution in [3.05, 3.63) is 36.2 Å². The average Bonchev–Trinajstić information content (AvgIpc) is 3.06. The van der Waals surface area contributed by atoms with Gasteiger partial charge in [0.15, 0.2) is 0 Å². The van der Waals surface area contributed by atoms with E-state index >= 15 is 0 Å². The summed E-state index contributed by atoms with van der Waals surface area (Å²) in [6, 6.07) is 9.77. The van der Waals surface area contributed by atoms with Gasteiger partial charge in [0, 0.05) is 44.8 Å². The molecule has 25 heavy (non-hydrogen) atoms. The minimum absolute atomic E-state index is 0.384. The lowest BCUT2D eigenvalue weighted by Gasteiger charge is -2.34. The summed E-state index contributed by atoms with van der Waals surface area (Å²) in [4.78, 5) is 11.1. The summed E-state index contributed by atoms with van der Waals surface area (Å²) in [7, 11) is 4.09. The average molecular weight is 345 g/mol. The fourth-order valence-electron chi connectivity index (χ4n) is 3.07. The summed E-state index contributed by atoms with van der Waals surface area (Å²) < 4.78 is 5.33. The zero-order chi connectivity index (χ0) is 17.6. The van der Waals surface area contributed by atoms with E-state index in [0.717, 1.165) is 31.7 Å². The molecule has 1 atom stereocenters. The first-order valence-electron chi connectivity index (χ1n) is 8.75. The predicted molar refractivity (Wildman–Crippen MR) is 96.0 cm³/mol. The van der Waals surface area contributed by atoms with Gasteiger partial charge in [-0.2, -0.15) is 4.98 Å². The molecule has 1 unspecified atom stereocenters. The number of β-amino-alcohol motifs (C(OH)–C–C–N with tert-alkyl or cyclic N) is 1. The molecule has 0 spiro atoms. The molecule has 1 fully saturated rings. The van der Waals surface area contributed by atoms with Crippen molar-refractivity contribution in [3.63, 3.8) is 0 Å². The molecule has 0 aliphatic carbocycles. The Kier molecular flexibility index (Phi) is 6.14. The van der Waals surface area contributed by atoms with Crippen molar-refractivity contribution in [2.75, 3.05) is 53.4 Å². The second-order valence-corrected chi connectivity index (χ2v) is 6.83. The molecule has 0 saturated carbocycles. The van der Waals surface area contributed by atoms with Gasteiger partial charge < -0.3 is 14.5 Å². The maximum absolute atomic E-state index is 10.3. The first-order valence-corrected chi connectivity index (χ1v) is 8.75. The van der Waals surface area contributed by atoms with Crippen molar-refractivity contribution < 1.29 is 9.63 Å². The van der Waals surface area contributed by atoms with Crippen LogP contribution in [0.3, 0.4) is 0 Å². The second-order valence-electron chi connectivity index (χ2n) is 6.83. The van der Waals surface area contributed by atoms with E-state index in [4.69, 9.17) is 4.52 Å². The molecule has 136 valence electrons. The maximum Gasteiger partial charge on any atom is 0.241 e. The number of likely N-dealkylation sites (N-methyl/N-ethyl adjacent to an activating group) is 2. The lowest BCUT2D eigenvalue weighted by atomic mass is 10.2. The van der Waals surface area contributed by atoms with Gasteiger partial charge in [-0.15, -0.1) is 0 Å². The number of hydrogen-bond acceptors (Lipinski definition) is 7. The van der Waals surface area contributed by atoms with Crippen molar-refractivity contribution in [2.45, 2.75) is 12.6 Å². The summed E-state index contributed by atoms with van der Waals surface area (Å²) in [6.07, 6.45) is -0.384. The monoisotopic (exact) mass is 345 g/mol. The highest BCUT2D eigenvalue weighted by Crippen LogP contribution is 2.15. The van der Waals surface area contributed by atoms with Crippen LogP contribution in [-0.4, -0.2) is 89.4 Å². The zero-order valence-electron chi connectivity index (χ0n) is 15.0. The van der Waals surface area contributed by atoms with Crippen molar-refractivity contribution in [1.29, 1.82) is 0 Å². The zero-order valence-corrected chi connectivity index (χ0v) is 15.0. The molecule has 1 aromatic carbocycles. The Morgan fingerprint density at radius 1 is 1.20 bits per heavy atom. The lowest BCUT2D eigenvalue weighted by molar-refractivity contribution is 0.0574. The van der Waals surface area contributed by atoms with Gasteiger partial charge in [-0.05, 0) is 14.1 Å². The Hall–Kier alpha value is -1.80. The molecule has 7 nitrogen and oxygen atoms in total. The number of nitrogens with zero attached hydrogens (tertiary/aromatic N) is 5. The van der Waals surface area contributed by atoms with E-state index in [1.807, 2.05) is 42.3 Å². The Labute approximate surface area is 148 Å². The van der Waals surface area contributed by atoms with Crippen LogP contribution in [0, 0.1) is 0 Å². The number of aromatic nitrogens is 2. The van der Waals surface area contributed by atoms with Crippen LogP contribution in [0.2, 0.25) is 0 Å². The molecule has 3 rings (SSSR count). The Morgan fingerprint density at radius 3 is 2.64 bits per heavy atom. The van der Waals surface area contributed by atoms with Crippen molar-refractivity contribution in [1.82, 2.24) is 24.8 Å². The molecular weight excluding hydrogens is 318 g/mol. The second kappa shape index (κ2) is 8.53.